The Hall–Kier alpha value is -3.09. The van der Waals surface area contributed by atoms with Gasteiger partial charge < -0.3 is 65.1 Å². The van der Waals surface area contributed by atoms with Crippen LogP contribution in [0.1, 0.15) is 194 Å². The number of aliphatic hydroxyl groups is 8. The van der Waals surface area contributed by atoms with Gasteiger partial charge in [-0.15, -0.1) is 0 Å². The van der Waals surface area contributed by atoms with E-state index in [4.69, 9.17) is 18.9 Å². The fourth-order valence-corrected chi connectivity index (χ4v) is 9.01. The van der Waals surface area contributed by atoms with Crippen LogP contribution in [0.15, 0.2) is 97.2 Å². The van der Waals surface area contributed by atoms with Crippen LogP contribution >= 0.6 is 0 Å². The number of hydrogen-bond acceptors (Lipinski definition) is 13. The van der Waals surface area contributed by atoms with Crippen LogP contribution in [0.4, 0.5) is 0 Å². The molecule has 14 heteroatoms. The zero-order valence-corrected chi connectivity index (χ0v) is 46.7. The van der Waals surface area contributed by atoms with Crippen LogP contribution in [-0.2, 0) is 23.7 Å². The summed E-state index contributed by atoms with van der Waals surface area (Å²) in [6.45, 7) is 2.64. The quantitative estimate of drug-likeness (QED) is 0.0205. The van der Waals surface area contributed by atoms with Gasteiger partial charge >= 0.3 is 0 Å². The topological polar surface area (TPSA) is 228 Å². The summed E-state index contributed by atoms with van der Waals surface area (Å²) in [5, 5.41) is 87.0. The standard InChI is InChI=1S/C62H105NO13/c1-3-5-7-9-11-13-15-17-19-20-21-22-23-24-25-26-27-28-29-30-32-34-36-38-40-42-44-46-54(67)63-50(51(66)45-43-41-39-37-35-33-31-18-16-14-12-10-8-6-4-2)49-73-61-59(72)57(70)60(53(48-65)75-61)76-62-58(71)56(69)55(68)52(47-64)74-62/h5,7,11,13,17,19,21-22,24-25,27-28,35,37,43,45,50-53,55-62,64-66,68-72H,3-4,6,8-10,12,14-16,18,20,23,26,29-34,36,38-42,44,46-49H2,1-2H3,(H,63,67)/b7-5-,13-11-,19-17-,22-21-,25-24-,28-27-,37-35+,45-43+. The molecule has 436 valence electrons. The number of unbranched alkanes of at least 4 members (excludes halogenated alkanes) is 18. The fourth-order valence-electron chi connectivity index (χ4n) is 9.01. The highest BCUT2D eigenvalue weighted by Gasteiger charge is 2.51. The van der Waals surface area contributed by atoms with Crippen molar-refractivity contribution in [2.75, 3.05) is 19.8 Å². The van der Waals surface area contributed by atoms with E-state index < -0.39 is 86.8 Å². The molecule has 2 rings (SSSR count). The molecule has 76 heavy (non-hydrogen) atoms. The first-order chi connectivity index (χ1) is 37.1. The molecule has 0 bridgehead atoms. The van der Waals surface area contributed by atoms with Crippen molar-refractivity contribution in [1.82, 2.24) is 5.32 Å². The Kier molecular flexibility index (Phi) is 42.5. The second kappa shape index (κ2) is 46.8. The molecule has 0 aromatic carbocycles. The molecule has 0 aromatic rings. The molecule has 2 aliphatic rings. The molecule has 2 aliphatic heterocycles. The maximum atomic E-state index is 13.2. The molecular weight excluding hydrogens is 967 g/mol. The molecule has 2 fully saturated rings. The minimum absolute atomic E-state index is 0.257. The van der Waals surface area contributed by atoms with Gasteiger partial charge in [0, 0.05) is 6.42 Å². The molecule has 12 unspecified atom stereocenters. The Morgan fingerprint density at radius 3 is 1.45 bits per heavy atom. The van der Waals surface area contributed by atoms with E-state index in [0.29, 0.717) is 12.8 Å². The van der Waals surface area contributed by atoms with Crippen molar-refractivity contribution in [2.45, 2.75) is 267 Å². The van der Waals surface area contributed by atoms with E-state index in [1.54, 1.807) is 6.08 Å². The molecule has 0 aromatic heterocycles. The number of aliphatic hydroxyl groups excluding tert-OH is 8. The second-order valence-corrected chi connectivity index (χ2v) is 20.4. The first-order valence-corrected chi connectivity index (χ1v) is 29.5. The number of carbonyl (C=O) groups is 1. The number of nitrogens with one attached hydrogen (secondary N) is 1. The Bertz CT molecular complexity index is 1640. The van der Waals surface area contributed by atoms with Crippen LogP contribution in [0.25, 0.3) is 0 Å². The van der Waals surface area contributed by atoms with Crippen molar-refractivity contribution in [2.24, 2.45) is 0 Å². The molecular formula is C62H105NO13. The average Bonchev–Trinajstić information content (AvgIpc) is 3.42. The van der Waals surface area contributed by atoms with Crippen molar-refractivity contribution < 1.29 is 64.6 Å². The van der Waals surface area contributed by atoms with Gasteiger partial charge in [-0.2, -0.15) is 0 Å². The highest BCUT2D eigenvalue weighted by molar-refractivity contribution is 5.76. The van der Waals surface area contributed by atoms with Crippen molar-refractivity contribution in [3.63, 3.8) is 0 Å². The molecule has 14 nitrogen and oxygen atoms in total. The summed E-state index contributed by atoms with van der Waals surface area (Å²) in [5.74, 6) is -0.263. The zero-order chi connectivity index (χ0) is 55.3. The van der Waals surface area contributed by atoms with Gasteiger partial charge in [-0.05, 0) is 83.5 Å². The summed E-state index contributed by atoms with van der Waals surface area (Å²) in [7, 11) is 0. The highest BCUT2D eigenvalue weighted by atomic mass is 16.7. The predicted octanol–water partition coefficient (Wildman–Crippen LogP) is 9.89. The largest absolute Gasteiger partial charge is 0.394 e. The minimum Gasteiger partial charge on any atom is -0.394 e. The summed E-state index contributed by atoms with van der Waals surface area (Å²) >= 11 is 0. The lowest BCUT2D eigenvalue weighted by molar-refractivity contribution is -0.359. The Morgan fingerprint density at radius 1 is 0.487 bits per heavy atom. The van der Waals surface area contributed by atoms with Gasteiger partial charge in [0.05, 0.1) is 32.0 Å². The Balaban J connectivity index is 1.76. The molecule has 12 atom stereocenters. The maximum absolute atomic E-state index is 13.2. The van der Waals surface area contributed by atoms with Crippen LogP contribution in [-0.4, -0.2) is 140 Å². The number of hydrogen-bond donors (Lipinski definition) is 9. The summed E-state index contributed by atoms with van der Waals surface area (Å²) < 4.78 is 22.7. The van der Waals surface area contributed by atoms with E-state index in [9.17, 15) is 45.6 Å². The number of amides is 1. The molecule has 0 radical (unpaired) electrons. The first kappa shape index (κ1) is 69.0. The molecule has 2 saturated heterocycles. The minimum atomic E-state index is -1.80. The van der Waals surface area contributed by atoms with E-state index in [1.807, 2.05) is 6.08 Å². The normalized spacial score (nSPS) is 25.6. The summed E-state index contributed by atoms with van der Waals surface area (Å²) in [4.78, 5) is 13.2. The van der Waals surface area contributed by atoms with E-state index in [2.05, 4.69) is 104 Å². The fraction of sp³-hybridized carbons (Fsp3) is 0.726. The monoisotopic (exact) mass is 1070 g/mol. The second-order valence-electron chi connectivity index (χ2n) is 20.4. The zero-order valence-electron chi connectivity index (χ0n) is 46.7. The van der Waals surface area contributed by atoms with Gasteiger partial charge in [0.15, 0.2) is 12.6 Å². The van der Waals surface area contributed by atoms with Gasteiger partial charge in [0.2, 0.25) is 5.91 Å². The SMILES string of the molecule is CC/C=C\C/C=C\C/C=C\C/C=C\C/C=C\C/C=C\CCCCCCCCCCC(=O)NC(COC1OC(CO)C(OC2OC(CO)C(O)C(O)C2O)C(O)C1O)C(O)/C=C/CC/C=C/CCCCCCCCCCC. The molecule has 2 heterocycles. The third-order valence-corrected chi connectivity index (χ3v) is 13.8. The summed E-state index contributed by atoms with van der Waals surface area (Å²) in [6.07, 6.45) is 47.3. The van der Waals surface area contributed by atoms with Gasteiger partial charge in [-0.1, -0.05) is 201 Å². The molecule has 0 spiro atoms. The van der Waals surface area contributed by atoms with Crippen LogP contribution < -0.4 is 5.32 Å². The third-order valence-electron chi connectivity index (χ3n) is 13.8. The average molecular weight is 1070 g/mol. The van der Waals surface area contributed by atoms with Crippen molar-refractivity contribution in [3.05, 3.63) is 97.2 Å². The smallest absolute Gasteiger partial charge is 0.220 e. The predicted molar refractivity (Wildman–Crippen MR) is 304 cm³/mol. The third kappa shape index (κ3) is 32.1. The number of ether oxygens (including phenoxy) is 4. The summed E-state index contributed by atoms with van der Waals surface area (Å²) in [6, 6.07) is -0.942. The van der Waals surface area contributed by atoms with Crippen molar-refractivity contribution >= 4 is 5.91 Å². The van der Waals surface area contributed by atoms with E-state index in [1.165, 1.54) is 77.0 Å². The van der Waals surface area contributed by atoms with Crippen LogP contribution in [0.5, 0.6) is 0 Å². The van der Waals surface area contributed by atoms with Crippen LogP contribution in [0.3, 0.4) is 0 Å². The number of rotatable bonds is 45. The number of carbonyl (C=O) groups excluding carboxylic acids is 1. The maximum Gasteiger partial charge on any atom is 0.220 e. The van der Waals surface area contributed by atoms with Gasteiger partial charge in [0.25, 0.3) is 0 Å². The van der Waals surface area contributed by atoms with E-state index in [-0.39, 0.29) is 18.9 Å². The van der Waals surface area contributed by atoms with Crippen molar-refractivity contribution in [3.8, 4) is 0 Å². The number of allylic oxidation sites excluding steroid dienone is 15. The van der Waals surface area contributed by atoms with E-state index in [0.717, 1.165) is 83.5 Å². The van der Waals surface area contributed by atoms with Gasteiger partial charge in [-0.25, -0.2) is 0 Å². The molecule has 0 aliphatic carbocycles. The first-order valence-electron chi connectivity index (χ1n) is 29.5. The Morgan fingerprint density at radius 2 is 0.921 bits per heavy atom. The highest BCUT2D eigenvalue weighted by Crippen LogP contribution is 2.30. The lowest BCUT2D eigenvalue weighted by Crippen LogP contribution is -2.65. The molecule has 0 saturated carbocycles. The summed E-state index contributed by atoms with van der Waals surface area (Å²) in [5.41, 5.74) is 0. The lowest BCUT2D eigenvalue weighted by Gasteiger charge is -2.46. The van der Waals surface area contributed by atoms with E-state index >= 15 is 0 Å². The molecule has 1 amide bonds. The van der Waals surface area contributed by atoms with Crippen LogP contribution in [0.2, 0.25) is 0 Å². The van der Waals surface area contributed by atoms with Crippen LogP contribution in [0, 0.1) is 0 Å². The molecule has 9 N–H and O–H groups in total. The lowest BCUT2D eigenvalue weighted by atomic mass is 9.97. The Labute approximate surface area is 458 Å². The van der Waals surface area contributed by atoms with Gasteiger partial charge in [0.1, 0.15) is 48.8 Å². The van der Waals surface area contributed by atoms with Crippen molar-refractivity contribution in [1.29, 1.82) is 0 Å². The van der Waals surface area contributed by atoms with Gasteiger partial charge in [-0.3, -0.25) is 4.79 Å².